The molecule has 1 atom stereocenters. The molecule has 6 heteroatoms. The van der Waals surface area contributed by atoms with Crippen LogP contribution < -0.4 is 0 Å². The van der Waals surface area contributed by atoms with E-state index in [9.17, 15) is 14.9 Å². The normalized spacial score (nSPS) is 12.2. The van der Waals surface area contributed by atoms with Crippen molar-refractivity contribution >= 4 is 43.3 Å². The summed E-state index contributed by atoms with van der Waals surface area (Å²) in [5.74, 6) is -0.276. The van der Waals surface area contributed by atoms with Gasteiger partial charge in [-0.05, 0) is 12.5 Å². The third-order valence-electron chi connectivity index (χ3n) is 2.08. The number of hydrogen-bond acceptors (Lipinski definition) is 3. The maximum atomic E-state index is 11.9. The minimum absolute atomic E-state index is 0.145. The molecule has 1 aromatic carbocycles. The van der Waals surface area contributed by atoms with Gasteiger partial charge in [0.2, 0.25) is 0 Å². The molecule has 4 nitrogen and oxygen atoms in total. The van der Waals surface area contributed by atoms with E-state index >= 15 is 0 Å². The molecule has 1 rings (SSSR count). The zero-order valence-corrected chi connectivity index (χ0v) is 11.6. The first-order chi connectivity index (χ1) is 7.49. The first-order valence-electron chi connectivity index (χ1n) is 4.49. The highest BCUT2D eigenvalue weighted by molar-refractivity contribution is 9.10. The van der Waals surface area contributed by atoms with E-state index in [1.807, 2.05) is 0 Å². The molecule has 0 fully saturated rings. The van der Waals surface area contributed by atoms with Crippen LogP contribution >= 0.6 is 31.9 Å². The van der Waals surface area contributed by atoms with Gasteiger partial charge in [-0.15, -0.1) is 0 Å². The zero-order valence-electron chi connectivity index (χ0n) is 8.44. The van der Waals surface area contributed by atoms with E-state index in [-0.39, 0.29) is 17.0 Å². The number of carbonyl (C=O) groups is 1. The van der Waals surface area contributed by atoms with Crippen molar-refractivity contribution in [1.29, 1.82) is 0 Å². The standard InChI is InChI=1S/C10H9Br2NO3/c1-6(12)10(14)9-7(5-11)3-2-4-8(9)13(15)16/h2-4,6H,5H2,1H3. The fourth-order valence-corrected chi connectivity index (χ4v) is 2.03. The van der Waals surface area contributed by atoms with Crippen molar-refractivity contribution in [2.75, 3.05) is 0 Å². The highest BCUT2D eigenvalue weighted by Gasteiger charge is 2.25. The Morgan fingerprint density at radius 1 is 1.56 bits per heavy atom. The van der Waals surface area contributed by atoms with Gasteiger partial charge < -0.3 is 0 Å². The molecule has 0 spiro atoms. The molecule has 0 saturated heterocycles. The van der Waals surface area contributed by atoms with Gasteiger partial charge in [0, 0.05) is 11.4 Å². The van der Waals surface area contributed by atoms with Gasteiger partial charge >= 0.3 is 0 Å². The summed E-state index contributed by atoms with van der Waals surface area (Å²) in [4.78, 5) is 21.7. The number of carbonyl (C=O) groups excluding carboxylic acids is 1. The molecule has 0 aliphatic heterocycles. The van der Waals surface area contributed by atoms with Gasteiger partial charge in [-0.1, -0.05) is 44.0 Å². The van der Waals surface area contributed by atoms with E-state index in [1.165, 1.54) is 6.07 Å². The number of nitro groups is 1. The van der Waals surface area contributed by atoms with Crippen LogP contribution in [-0.2, 0) is 5.33 Å². The maximum Gasteiger partial charge on any atom is 0.280 e. The van der Waals surface area contributed by atoms with Crippen LogP contribution in [-0.4, -0.2) is 15.5 Å². The fraction of sp³-hybridized carbons (Fsp3) is 0.300. The molecule has 0 aromatic heterocycles. The number of benzene rings is 1. The number of nitro benzene ring substituents is 1. The molecule has 0 N–H and O–H groups in total. The Labute approximate surface area is 109 Å². The van der Waals surface area contributed by atoms with Crippen molar-refractivity contribution in [2.24, 2.45) is 0 Å². The molecule has 0 amide bonds. The van der Waals surface area contributed by atoms with Crippen LogP contribution in [0.2, 0.25) is 0 Å². The molecule has 1 unspecified atom stereocenters. The predicted octanol–water partition coefficient (Wildman–Crippen LogP) is 3.46. The lowest BCUT2D eigenvalue weighted by Gasteiger charge is -2.08. The van der Waals surface area contributed by atoms with Crippen LogP contribution in [0.3, 0.4) is 0 Å². The fourth-order valence-electron chi connectivity index (χ4n) is 1.33. The number of nitrogens with zero attached hydrogens (tertiary/aromatic N) is 1. The molecule has 0 heterocycles. The molecule has 0 radical (unpaired) electrons. The Morgan fingerprint density at radius 2 is 2.19 bits per heavy atom. The summed E-state index contributed by atoms with van der Waals surface area (Å²) in [5.41, 5.74) is 0.660. The molecular weight excluding hydrogens is 342 g/mol. The minimum atomic E-state index is -0.533. The molecular formula is C10H9Br2NO3. The van der Waals surface area contributed by atoms with Crippen LogP contribution in [0.25, 0.3) is 0 Å². The second-order valence-corrected chi connectivity index (χ2v) is 5.12. The largest absolute Gasteiger partial charge is 0.293 e. The first kappa shape index (κ1) is 13.3. The number of Topliss-reactive ketones (excluding diaryl/α,β-unsaturated/α-hetero) is 1. The molecule has 1 aromatic rings. The lowest BCUT2D eigenvalue weighted by molar-refractivity contribution is -0.385. The molecule has 86 valence electrons. The predicted molar refractivity (Wildman–Crippen MR) is 68.4 cm³/mol. The lowest BCUT2D eigenvalue weighted by Crippen LogP contribution is -2.14. The number of alkyl halides is 2. The van der Waals surface area contributed by atoms with Gasteiger partial charge in [-0.3, -0.25) is 14.9 Å². The van der Waals surface area contributed by atoms with Crippen molar-refractivity contribution in [3.8, 4) is 0 Å². The quantitative estimate of drug-likeness (QED) is 0.361. The Bertz CT molecular complexity index is 432. The van der Waals surface area contributed by atoms with Crippen LogP contribution in [0.15, 0.2) is 18.2 Å². The highest BCUT2D eigenvalue weighted by atomic mass is 79.9. The summed E-state index contributed by atoms with van der Waals surface area (Å²) < 4.78 is 0. The average molecular weight is 351 g/mol. The van der Waals surface area contributed by atoms with E-state index in [0.717, 1.165) is 0 Å². The zero-order chi connectivity index (χ0) is 12.3. The Morgan fingerprint density at radius 3 is 2.62 bits per heavy atom. The molecule has 16 heavy (non-hydrogen) atoms. The smallest absolute Gasteiger partial charge is 0.280 e. The van der Waals surface area contributed by atoms with E-state index < -0.39 is 9.75 Å². The summed E-state index contributed by atoms with van der Waals surface area (Å²) >= 11 is 6.35. The third kappa shape index (κ3) is 2.68. The Kier molecular flexibility index (Phi) is 4.61. The molecule has 0 aliphatic carbocycles. The van der Waals surface area contributed by atoms with Gasteiger partial charge in [-0.2, -0.15) is 0 Å². The SMILES string of the molecule is CC(Br)C(=O)c1c(CBr)cccc1[N+](=O)[O-]. The molecule has 0 saturated carbocycles. The second-order valence-electron chi connectivity index (χ2n) is 3.18. The van der Waals surface area contributed by atoms with Gasteiger partial charge in [0.15, 0.2) is 5.78 Å². The average Bonchev–Trinajstić information content (AvgIpc) is 2.26. The monoisotopic (exact) mass is 349 g/mol. The van der Waals surface area contributed by atoms with E-state index in [2.05, 4.69) is 31.9 Å². The van der Waals surface area contributed by atoms with E-state index in [1.54, 1.807) is 19.1 Å². The lowest BCUT2D eigenvalue weighted by atomic mass is 10.0. The number of rotatable bonds is 4. The van der Waals surface area contributed by atoms with Crippen LogP contribution in [0.4, 0.5) is 5.69 Å². The number of hydrogen-bond donors (Lipinski definition) is 0. The van der Waals surface area contributed by atoms with Gasteiger partial charge in [0.1, 0.15) is 5.56 Å². The number of halogens is 2. The summed E-state index contributed by atoms with van der Waals surface area (Å²) in [6.07, 6.45) is 0. The Balaban J connectivity index is 3.42. The minimum Gasteiger partial charge on any atom is -0.293 e. The van der Waals surface area contributed by atoms with Gasteiger partial charge in [0.25, 0.3) is 5.69 Å². The van der Waals surface area contributed by atoms with Crippen LogP contribution in [0, 0.1) is 10.1 Å². The van der Waals surface area contributed by atoms with Crippen molar-refractivity contribution in [1.82, 2.24) is 0 Å². The summed E-state index contributed by atoms with van der Waals surface area (Å²) in [5, 5.41) is 11.3. The van der Waals surface area contributed by atoms with Crippen LogP contribution in [0.5, 0.6) is 0 Å². The van der Waals surface area contributed by atoms with Crippen LogP contribution in [0.1, 0.15) is 22.8 Å². The first-order valence-corrected chi connectivity index (χ1v) is 6.53. The second kappa shape index (κ2) is 5.54. The van der Waals surface area contributed by atoms with E-state index in [4.69, 9.17) is 0 Å². The van der Waals surface area contributed by atoms with Gasteiger partial charge in [-0.25, -0.2) is 0 Å². The Hall–Kier alpha value is -0.750. The number of ketones is 1. The maximum absolute atomic E-state index is 11.9. The van der Waals surface area contributed by atoms with Crippen molar-refractivity contribution in [3.05, 3.63) is 39.4 Å². The topological polar surface area (TPSA) is 60.2 Å². The van der Waals surface area contributed by atoms with Crippen molar-refractivity contribution in [3.63, 3.8) is 0 Å². The van der Waals surface area contributed by atoms with Crippen molar-refractivity contribution in [2.45, 2.75) is 17.1 Å². The molecule has 0 bridgehead atoms. The van der Waals surface area contributed by atoms with Gasteiger partial charge in [0.05, 0.1) is 9.75 Å². The third-order valence-corrected chi connectivity index (χ3v) is 3.10. The van der Waals surface area contributed by atoms with E-state index in [0.29, 0.717) is 10.9 Å². The summed E-state index contributed by atoms with van der Waals surface area (Å²) in [7, 11) is 0. The summed E-state index contributed by atoms with van der Waals surface area (Å²) in [6.45, 7) is 1.65. The molecule has 0 aliphatic rings. The van der Waals surface area contributed by atoms with Crippen molar-refractivity contribution < 1.29 is 9.72 Å². The highest BCUT2D eigenvalue weighted by Crippen LogP contribution is 2.26. The summed E-state index contributed by atoms with van der Waals surface area (Å²) in [6, 6.07) is 4.61.